The summed E-state index contributed by atoms with van der Waals surface area (Å²) in [5, 5.41) is 3.20. The van der Waals surface area contributed by atoms with Gasteiger partial charge in [-0.25, -0.2) is 0 Å². The van der Waals surface area contributed by atoms with Gasteiger partial charge in [-0.3, -0.25) is 14.4 Å². The van der Waals surface area contributed by atoms with Gasteiger partial charge in [0.15, 0.2) is 0 Å². The van der Waals surface area contributed by atoms with Gasteiger partial charge in [0.2, 0.25) is 5.91 Å². The van der Waals surface area contributed by atoms with E-state index in [0.29, 0.717) is 35.3 Å². The molecular formula is C20H32N2O4S2. The molecule has 6 nitrogen and oxygen atoms in total. The number of nitrogens with two attached hydrogens (primary N) is 1. The van der Waals surface area contributed by atoms with Crippen molar-refractivity contribution < 1.29 is 19.1 Å². The van der Waals surface area contributed by atoms with E-state index >= 15 is 0 Å². The lowest BCUT2D eigenvalue weighted by Gasteiger charge is -2.14. The number of hydrogen-bond donors (Lipinski definition) is 2. The Labute approximate surface area is 176 Å². The first-order valence-corrected chi connectivity index (χ1v) is 11.6. The summed E-state index contributed by atoms with van der Waals surface area (Å²) in [6.07, 6.45) is 4.70. The van der Waals surface area contributed by atoms with Crippen LogP contribution in [0.2, 0.25) is 0 Å². The topological polar surface area (TPSA) is 98.5 Å². The van der Waals surface area contributed by atoms with E-state index in [-0.39, 0.29) is 17.8 Å². The van der Waals surface area contributed by atoms with E-state index in [4.69, 9.17) is 10.5 Å². The Balaban J connectivity index is 2.50. The SMILES string of the molecule is CCCCC(CC)COC(=O)CCSc1cc(C(N)=O)c(NC(=O)C(C)C)s1. The number of esters is 1. The molecule has 2 amide bonds. The van der Waals surface area contributed by atoms with Gasteiger partial charge in [-0.1, -0.05) is 47.0 Å². The smallest absolute Gasteiger partial charge is 0.306 e. The second kappa shape index (κ2) is 12.8. The summed E-state index contributed by atoms with van der Waals surface area (Å²) < 4.78 is 6.22. The van der Waals surface area contributed by atoms with Crippen LogP contribution in [0.4, 0.5) is 5.00 Å². The highest BCUT2D eigenvalue weighted by atomic mass is 32.2. The van der Waals surface area contributed by atoms with Gasteiger partial charge in [0.1, 0.15) is 5.00 Å². The van der Waals surface area contributed by atoms with Crippen LogP contribution >= 0.6 is 23.1 Å². The first kappa shape index (κ1) is 24.5. The molecule has 1 rings (SSSR count). The summed E-state index contributed by atoms with van der Waals surface area (Å²) in [5.41, 5.74) is 5.70. The molecule has 1 aromatic rings. The van der Waals surface area contributed by atoms with Crippen molar-refractivity contribution in [2.24, 2.45) is 17.6 Å². The first-order chi connectivity index (χ1) is 13.3. The van der Waals surface area contributed by atoms with Crippen LogP contribution in [-0.4, -0.2) is 30.1 Å². The Morgan fingerprint density at radius 3 is 2.57 bits per heavy atom. The van der Waals surface area contributed by atoms with Crippen LogP contribution in [0, 0.1) is 11.8 Å². The number of anilines is 1. The number of hydrogen-bond acceptors (Lipinski definition) is 6. The van der Waals surface area contributed by atoms with Crippen molar-refractivity contribution in [2.75, 3.05) is 17.7 Å². The normalized spacial score (nSPS) is 12.0. The molecule has 0 aliphatic carbocycles. The molecule has 1 aromatic heterocycles. The van der Waals surface area contributed by atoms with Gasteiger partial charge in [-0.15, -0.1) is 23.1 Å². The van der Waals surface area contributed by atoms with E-state index in [2.05, 4.69) is 19.2 Å². The van der Waals surface area contributed by atoms with Crippen molar-refractivity contribution in [3.63, 3.8) is 0 Å². The highest BCUT2D eigenvalue weighted by Gasteiger charge is 2.18. The second-order valence-corrected chi connectivity index (χ2v) is 9.46. The fourth-order valence-corrected chi connectivity index (χ4v) is 4.59. The molecule has 8 heteroatoms. The molecule has 0 spiro atoms. The maximum Gasteiger partial charge on any atom is 0.306 e. The fraction of sp³-hybridized carbons (Fsp3) is 0.650. The Morgan fingerprint density at radius 1 is 1.29 bits per heavy atom. The van der Waals surface area contributed by atoms with E-state index in [1.54, 1.807) is 19.9 Å². The standard InChI is InChI=1S/C20H32N2O4S2/c1-5-7-8-14(6-2)12-26-16(23)9-10-27-17-11-15(18(21)24)20(28-17)22-19(25)13(3)4/h11,13-14H,5-10,12H2,1-4H3,(H2,21,24)(H,22,25). The maximum absolute atomic E-state index is 12.0. The lowest BCUT2D eigenvalue weighted by Crippen LogP contribution is -2.20. The highest BCUT2D eigenvalue weighted by Crippen LogP contribution is 2.35. The van der Waals surface area contributed by atoms with E-state index in [1.165, 1.54) is 23.1 Å². The van der Waals surface area contributed by atoms with Crippen molar-refractivity contribution in [1.29, 1.82) is 0 Å². The first-order valence-electron chi connectivity index (χ1n) is 9.81. The molecule has 0 saturated heterocycles. The summed E-state index contributed by atoms with van der Waals surface area (Å²) in [7, 11) is 0. The van der Waals surface area contributed by atoms with Gasteiger partial charge in [-0.05, 0) is 18.4 Å². The number of rotatable bonds is 13. The fourth-order valence-electron chi connectivity index (χ4n) is 2.39. The zero-order chi connectivity index (χ0) is 21.1. The molecule has 28 heavy (non-hydrogen) atoms. The van der Waals surface area contributed by atoms with Gasteiger partial charge in [0.05, 0.1) is 22.8 Å². The molecule has 0 bridgehead atoms. The predicted molar refractivity (Wildman–Crippen MR) is 116 cm³/mol. The third-order valence-corrected chi connectivity index (χ3v) is 6.57. The average molecular weight is 429 g/mol. The average Bonchev–Trinajstić information content (AvgIpc) is 3.04. The molecule has 0 fully saturated rings. The predicted octanol–water partition coefficient (Wildman–Crippen LogP) is 4.68. The van der Waals surface area contributed by atoms with Crippen molar-refractivity contribution in [1.82, 2.24) is 0 Å². The minimum absolute atomic E-state index is 0.168. The molecule has 0 aliphatic heterocycles. The van der Waals surface area contributed by atoms with E-state index in [0.717, 1.165) is 29.9 Å². The van der Waals surface area contributed by atoms with Gasteiger partial charge in [0, 0.05) is 11.7 Å². The molecule has 158 valence electrons. The Bertz CT molecular complexity index is 659. The summed E-state index contributed by atoms with van der Waals surface area (Å²) in [5.74, 6) is -0.183. The van der Waals surface area contributed by atoms with Crippen LogP contribution < -0.4 is 11.1 Å². The molecule has 3 N–H and O–H groups in total. The zero-order valence-corrected chi connectivity index (χ0v) is 18.8. The molecule has 1 heterocycles. The number of unbranched alkanes of at least 4 members (excludes halogenated alkanes) is 1. The largest absolute Gasteiger partial charge is 0.465 e. The number of amides is 2. The minimum atomic E-state index is -0.584. The van der Waals surface area contributed by atoms with Crippen LogP contribution in [0.3, 0.4) is 0 Å². The molecule has 0 saturated carbocycles. The number of thiophene rings is 1. The molecule has 0 aliphatic rings. The van der Waals surface area contributed by atoms with E-state index < -0.39 is 5.91 Å². The van der Waals surface area contributed by atoms with Crippen molar-refractivity contribution >= 4 is 45.9 Å². The number of primary amides is 1. The minimum Gasteiger partial charge on any atom is -0.465 e. The van der Waals surface area contributed by atoms with Gasteiger partial charge in [0.25, 0.3) is 5.91 Å². The van der Waals surface area contributed by atoms with E-state index in [9.17, 15) is 14.4 Å². The Morgan fingerprint density at radius 2 is 2.00 bits per heavy atom. The van der Waals surface area contributed by atoms with E-state index in [1.807, 2.05) is 0 Å². The van der Waals surface area contributed by atoms with Crippen LogP contribution in [0.15, 0.2) is 10.3 Å². The third-order valence-electron chi connectivity index (χ3n) is 4.31. The number of carbonyl (C=O) groups excluding carboxylic acids is 3. The number of thioether (sulfide) groups is 1. The quantitative estimate of drug-likeness (QED) is 0.351. The summed E-state index contributed by atoms with van der Waals surface area (Å²) >= 11 is 2.74. The van der Waals surface area contributed by atoms with Crippen LogP contribution in [-0.2, 0) is 14.3 Å². The van der Waals surface area contributed by atoms with Crippen molar-refractivity contribution in [3.05, 3.63) is 11.6 Å². The molecule has 0 aromatic carbocycles. The van der Waals surface area contributed by atoms with Crippen molar-refractivity contribution in [3.8, 4) is 0 Å². The monoisotopic (exact) mass is 428 g/mol. The molecule has 1 unspecified atom stereocenters. The molecule has 0 radical (unpaired) electrons. The van der Waals surface area contributed by atoms with Gasteiger partial charge >= 0.3 is 5.97 Å². The molecular weight excluding hydrogens is 396 g/mol. The maximum atomic E-state index is 12.0. The zero-order valence-electron chi connectivity index (χ0n) is 17.2. The lowest BCUT2D eigenvalue weighted by atomic mass is 10.0. The third kappa shape index (κ3) is 8.65. The Kier molecular flexibility index (Phi) is 11.2. The summed E-state index contributed by atoms with van der Waals surface area (Å²) in [4.78, 5) is 35.5. The van der Waals surface area contributed by atoms with Crippen LogP contribution in [0.25, 0.3) is 0 Å². The summed E-state index contributed by atoms with van der Waals surface area (Å²) in [6.45, 7) is 8.31. The Hall–Kier alpha value is -1.54. The van der Waals surface area contributed by atoms with Crippen molar-refractivity contribution in [2.45, 2.75) is 64.0 Å². The van der Waals surface area contributed by atoms with Crippen LogP contribution in [0.1, 0.15) is 70.2 Å². The van der Waals surface area contributed by atoms with Crippen LogP contribution in [0.5, 0.6) is 0 Å². The van der Waals surface area contributed by atoms with Gasteiger partial charge in [-0.2, -0.15) is 0 Å². The second-order valence-electron chi connectivity index (χ2n) is 7.01. The number of carbonyl (C=O) groups is 3. The molecule has 1 atom stereocenters. The summed E-state index contributed by atoms with van der Waals surface area (Å²) in [6, 6.07) is 1.66. The number of nitrogens with one attached hydrogen (secondary N) is 1. The van der Waals surface area contributed by atoms with Gasteiger partial charge < -0.3 is 15.8 Å². The highest BCUT2D eigenvalue weighted by molar-refractivity contribution is 8.01. The number of ether oxygens (including phenoxy) is 1. The lowest BCUT2D eigenvalue weighted by molar-refractivity contribution is -0.144.